The van der Waals surface area contributed by atoms with Gasteiger partial charge in [0, 0.05) is 25.6 Å². The smallest absolute Gasteiger partial charge is 0.204 e. The van der Waals surface area contributed by atoms with Gasteiger partial charge in [0.1, 0.15) is 5.78 Å². The lowest BCUT2D eigenvalue weighted by Gasteiger charge is -2.03. The van der Waals surface area contributed by atoms with Gasteiger partial charge in [-0.2, -0.15) is 4.37 Å². The summed E-state index contributed by atoms with van der Waals surface area (Å²) in [6, 6.07) is 0. The number of ketones is 1. The van der Waals surface area contributed by atoms with Crippen LogP contribution in [0.15, 0.2) is 0 Å². The molecular formula is C7H11N3OS. The van der Waals surface area contributed by atoms with Crippen molar-refractivity contribution in [3.63, 3.8) is 0 Å². The molecule has 0 aromatic carbocycles. The monoisotopic (exact) mass is 185 g/mol. The third-order valence-electron chi connectivity index (χ3n) is 1.25. The second-order valence-electron chi connectivity index (χ2n) is 2.77. The van der Waals surface area contributed by atoms with E-state index in [4.69, 9.17) is 0 Å². The first-order valence-electron chi connectivity index (χ1n) is 3.59. The van der Waals surface area contributed by atoms with Crippen LogP contribution in [0.3, 0.4) is 0 Å². The van der Waals surface area contributed by atoms with Crippen LogP contribution < -0.4 is 4.90 Å². The Kier molecular flexibility index (Phi) is 2.75. The van der Waals surface area contributed by atoms with Gasteiger partial charge in [0.15, 0.2) is 5.82 Å². The molecule has 0 N–H and O–H groups in total. The molecule has 0 aliphatic carbocycles. The number of carbonyl (C=O) groups excluding carboxylic acids is 1. The molecule has 0 saturated heterocycles. The van der Waals surface area contributed by atoms with Gasteiger partial charge in [0.05, 0.1) is 6.42 Å². The standard InChI is InChI=1S/C7H11N3OS/c1-5(11)4-6-8-7(10(2)3)12-9-6/h4H2,1-3H3. The fourth-order valence-electron chi connectivity index (χ4n) is 0.721. The number of Topliss-reactive ketones (excluding diaryl/α,β-unsaturated/α-hetero) is 1. The number of hydrogen-bond donors (Lipinski definition) is 0. The normalized spacial score (nSPS) is 9.92. The largest absolute Gasteiger partial charge is 0.353 e. The topological polar surface area (TPSA) is 46.1 Å². The highest BCUT2D eigenvalue weighted by molar-refractivity contribution is 7.09. The summed E-state index contributed by atoms with van der Waals surface area (Å²) in [7, 11) is 3.80. The highest BCUT2D eigenvalue weighted by atomic mass is 32.1. The third-order valence-corrected chi connectivity index (χ3v) is 2.17. The van der Waals surface area contributed by atoms with Crippen LogP contribution in [0.5, 0.6) is 0 Å². The van der Waals surface area contributed by atoms with E-state index in [0.717, 1.165) is 5.13 Å². The second kappa shape index (κ2) is 3.62. The molecule has 0 aliphatic heterocycles. The first-order chi connectivity index (χ1) is 5.59. The fourth-order valence-corrected chi connectivity index (χ4v) is 1.32. The molecule has 1 aromatic rings. The molecule has 5 heteroatoms. The van der Waals surface area contributed by atoms with Crippen molar-refractivity contribution in [2.75, 3.05) is 19.0 Å². The van der Waals surface area contributed by atoms with Crippen molar-refractivity contribution in [3.05, 3.63) is 5.82 Å². The molecule has 0 bridgehead atoms. The molecule has 12 heavy (non-hydrogen) atoms. The van der Waals surface area contributed by atoms with Crippen molar-refractivity contribution in [1.29, 1.82) is 0 Å². The molecule has 1 aromatic heterocycles. The van der Waals surface area contributed by atoms with Gasteiger partial charge in [0.25, 0.3) is 0 Å². The van der Waals surface area contributed by atoms with Gasteiger partial charge >= 0.3 is 0 Å². The van der Waals surface area contributed by atoms with E-state index in [9.17, 15) is 4.79 Å². The third kappa shape index (κ3) is 2.27. The number of rotatable bonds is 3. The molecule has 0 saturated carbocycles. The lowest BCUT2D eigenvalue weighted by Crippen LogP contribution is -2.08. The van der Waals surface area contributed by atoms with E-state index >= 15 is 0 Å². The minimum atomic E-state index is 0.0955. The zero-order valence-corrected chi connectivity index (χ0v) is 8.18. The summed E-state index contributed by atoms with van der Waals surface area (Å²) in [6.07, 6.45) is 0.338. The maximum absolute atomic E-state index is 10.7. The van der Waals surface area contributed by atoms with Gasteiger partial charge in [-0.1, -0.05) is 0 Å². The molecule has 0 amide bonds. The van der Waals surface area contributed by atoms with Crippen LogP contribution in [0.4, 0.5) is 5.13 Å². The Bertz CT molecular complexity index is 282. The van der Waals surface area contributed by atoms with Crippen LogP contribution in [-0.4, -0.2) is 29.2 Å². The maximum atomic E-state index is 10.7. The lowest BCUT2D eigenvalue weighted by molar-refractivity contribution is -0.116. The molecule has 1 heterocycles. The number of aromatic nitrogens is 2. The van der Waals surface area contributed by atoms with Crippen molar-refractivity contribution in [1.82, 2.24) is 9.36 Å². The summed E-state index contributed by atoms with van der Waals surface area (Å²) in [5.41, 5.74) is 0. The minimum absolute atomic E-state index is 0.0955. The quantitative estimate of drug-likeness (QED) is 0.696. The molecule has 0 unspecified atom stereocenters. The van der Waals surface area contributed by atoms with E-state index in [1.807, 2.05) is 19.0 Å². The predicted octanol–water partition coefficient (Wildman–Crippen LogP) is 0.736. The molecule has 0 radical (unpaired) electrons. The Morgan fingerprint density at radius 2 is 2.25 bits per heavy atom. The molecule has 0 fully saturated rings. The minimum Gasteiger partial charge on any atom is -0.353 e. The molecule has 4 nitrogen and oxygen atoms in total. The molecular weight excluding hydrogens is 174 g/mol. The summed E-state index contributed by atoms with van der Waals surface area (Å²) in [6.45, 7) is 1.54. The van der Waals surface area contributed by atoms with Crippen LogP contribution in [0.2, 0.25) is 0 Å². The predicted molar refractivity (Wildman–Crippen MR) is 48.6 cm³/mol. The van der Waals surface area contributed by atoms with E-state index in [-0.39, 0.29) is 5.78 Å². The van der Waals surface area contributed by atoms with E-state index in [1.165, 1.54) is 18.5 Å². The molecule has 0 aliphatic rings. The highest BCUT2D eigenvalue weighted by Crippen LogP contribution is 2.13. The number of hydrogen-bond acceptors (Lipinski definition) is 5. The summed E-state index contributed by atoms with van der Waals surface area (Å²) < 4.78 is 4.05. The zero-order valence-electron chi connectivity index (χ0n) is 7.37. The maximum Gasteiger partial charge on any atom is 0.204 e. The van der Waals surface area contributed by atoms with Gasteiger partial charge < -0.3 is 4.90 Å². The molecule has 66 valence electrons. The second-order valence-corrected chi connectivity index (χ2v) is 3.50. The van der Waals surface area contributed by atoms with Gasteiger partial charge in [-0.25, -0.2) is 4.98 Å². The summed E-state index contributed by atoms with van der Waals surface area (Å²) >= 11 is 1.31. The van der Waals surface area contributed by atoms with Crippen LogP contribution >= 0.6 is 11.5 Å². The zero-order chi connectivity index (χ0) is 9.14. The van der Waals surface area contributed by atoms with Gasteiger partial charge in [-0.05, 0) is 6.92 Å². The van der Waals surface area contributed by atoms with Crippen molar-refractivity contribution in [2.45, 2.75) is 13.3 Å². The van der Waals surface area contributed by atoms with Gasteiger partial charge in [0.2, 0.25) is 5.13 Å². The van der Waals surface area contributed by atoms with Crippen LogP contribution in [-0.2, 0) is 11.2 Å². The number of anilines is 1. The lowest BCUT2D eigenvalue weighted by atomic mass is 10.3. The van der Waals surface area contributed by atoms with Crippen molar-refractivity contribution in [3.8, 4) is 0 Å². The summed E-state index contributed by atoms with van der Waals surface area (Å²) in [4.78, 5) is 16.7. The average molecular weight is 185 g/mol. The van der Waals surface area contributed by atoms with E-state index in [2.05, 4.69) is 9.36 Å². The van der Waals surface area contributed by atoms with Gasteiger partial charge in [-0.15, -0.1) is 0 Å². The molecule has 0 spiro atoms. The van der Waals surface area contributed by atoms with Gasteiger partial charge in [-0.3, -0.25) is 4.79 Å². The van der Waals surface area contributed by atoms with E-state index in [1.54, 1.807) is 0 Å². The average Bonchev–Trinajstić information content (AvgIpc) is 2.34. The van der Waals surface area contributed by atoms with Crippen LogP contribution in [0, 0.1) is 0 Å². The van der Waals surface area contributed by atoms with Crippen molar-refractivity contribution < 1.29 is 4.79 Å². The number of nitrogens with zero attached hydrogens (tertiary/aromatic N) is 3. The van der Waals surface area contributed by atoms with Crippen LogP contribution in [0.1, 0.15) is 12.7 Å². The van der Waals surface area contributed by atoms with E-state index < -0.39 is 0 Å². The van der Waals surface area contributed by atoms with Crippen molar-refractivity contribution >= 4 is 22.4 Å². The molecule has 1 rings (SSSR count). The summed E-state index contributed by atoms with van der Waals surface area (Å²) in [5.74, 6) is 0.717. The van der Waals surface area contributed by atoms with Crippen molar-refractivity contribution in [2.24, 2.45) is 0 Å². The first kappa shape index (κ1) is 9.12. The Morgan fingerprint density at radius 3 is 2.67 bits per heavy atom. The SMILES string of the molecule is CC(=O)Cc1nsc(N(C)C)n1. The number of carbonyl (C=O) groups is 1. The Morgan fingerprint density at radius 1 is 1.58 bits per heavy atom. The van der Waals surface area contributed by atoms with E-state index in [0.29, 0.717) is 12.2 Å². The first-order valence-corrected chi connectivity index (χ1v) is 4.36. The Labute approximate surface area is 75.4 Å². The highest BCUT2D eigenvalue weighted by Gasteiger charge is 2.06. The Hall–Kier alpha value is -0.970. The van der Waals surface area contributed by atoms with Crippen LogP contribution in [0.25, 0.3) is 0 Å². The fraction of sp³-hybridized carbons (Fsp3) is 0.571. The Balaban J connectivity index is 2.70. The summed E-state index contributed by atoms with van der Waals surface area (Å²) in [5, 5.41) is 0.839. The molecule has 0 atom stereocenters.